The van der Waals surface area contributed by atoms with Crippen molar-refractivity contribution < 1.29 is 19.1 Å². The first kappa shape index (κ1) is 20.0. The predicted molar refractivity (Wildman–Crippen MR) is 112 cm³/mol. The lowest BCUT2D eigenvalue weighted by atomic mass is 10.2. The fraction of sp³-hybridized carbons (Fsp3) is 0.273. The summed E-state index contributed by atoms with van der Waals surface area (Å²) < 4.78 is 10.4. The number of nitrogens with zero attached hydrogens (tertiary/aromatic N) is 1. The minimum Gasteiger partial charge on any atom is -0.496 e. The molecule has 1 aliphatic rings. The van der Waals surface area contributed by atoms with Gasteiger partial charge in [-0.25, -0.2) is 4.79 Å². The lowest BCUT2D eigenvalue weighted by Gasteiger charge is -2.22. The molecule has 0 aliphatic carbocycles. The molecule has 1 heterocycles. The van der Waals surface area contributed by atoms with Crippen LogP contribution in [0.4, 0.5) is 5.69 Å². The van der Waals surface area contributed by atoms with Gasteiger partial charge in [-0.1, -0.05) is 37.3 Å². The molecule has 0 radical (unpaired) electrons. The number of carbonyl (C=O) groups is 2. The molecule has 0 N–H and O–H groups in total. The minimum absolute atomic E-state index is 0.221. The Labute approximate surface area is 169 Å². The molecule has 5 nitrogen and oxygen atoms in total. The van der Waals surface area contributed by atoms with Crippen molar-refractivity contribution in [2.45, 2.75) is 23.5 Å². The van der Waals surface area contributed by atoms with Crippen LogP contribution in [-0.4, -0.2) is 37.4 Å². The molecule has 0 fully saturated rings. The number of esters is 1. The first-order chi connectivity index (χ1) is 13.6. The Morgan fingerprint density at radius 2 is 1.93 bits per heavy atom. The summed E-state index contributed by atoms with van der Waals surface area (Å²) >= 11 is 1.76. The van der Waals surface area contributed by atoms with Crippen LogP contribution in [0.2, 0.25) is 0 Å². The van der Waals surface area contributed by atoms with Crippen molar-refractivity contribution in [2.75, 3.05) is 25.2 Å². The lowest BCUT2D eigenvalue weighted by Crippen LogP contribution is -2.35. The molecule has 0 saturated carbocycles. The van der Waals surface area contributed by atoms with Crippen LogP contribution in [0.15, 0.2) is 59.5 Å². The molecule has 146 valence electrons. The van der Waals surface area contributed by atoms with Crippen LogP contribution in [0.3, 0.4) is 0 Å². The quantitative estimate of drug-likeness (QED) is 0.560. The molecule has 6 heteroatoms. The van der Waals surface area contributed by atoms with Crippen LogP contribution < -0.4 is 9.64 Å². The Morgan fingerprint density at radius 3 is 2.75 bits per heavy atom. The van der Waals surface area contributed by atoms with Crippen LogP contribution in [0, 0.1) is 0 Å². The number of para-hydroxylation sites is 2. The summed E-state index contributed by atoms with van der Waals surface area (Å²) in [6.07, 6.45) is 3.80. The van der Waals surface area contributed by atoms with Crippen molar-refractivity contribution >= 4 is 35.4 Å². The van der Waals surface area contributed by atoms with E-state index in [0.29, 0.717) is 17.5 Å². The van der Waals surface area contributed by atoms with E-state index in [2.05, 4.69) is 6.92 Å². The Kier molecular flexibility index (Phi) is 6.76. The lowest BCUT2D eigenvalue weighted by molar-refractivity contribution is -0.142. The largest absolute Gasteiger partial charge is 0.496 e. The van der Waals surface area contributed by atoms with E-state index in [-0.39, 0.29) is 12.5 Å². The molecule has 1 aliphatic heterocycles. The van der Waals surface area contributed by atoms with E-state index in [1.807, 2.05) is 48.5 Å². The number of rotatable bonds is 5. The zero-order chi connectivity index (χ0) is 19.9. The molecule has 3 rings (SSSR count). The third-order valence-corrected chi connectivity index (χ3v) is 5.66. The van der Waals surface area contributed by atoms with Gasteiger partial charge in [0, 0.05) is 28.3 Å². The van der Waals surface area contributed by atoms with Gasteiger partial charge in [-0.2, -0.15) is 0 Å². The second kappa shape index (κ2) is 9.46. The fourth-order valence-corrected chi connectivity index (χ4v) is 4.08. The number of hydrogen-bond donors (Lipinski definition) is 0. The zero-order valence-corrected chi connectivity index (χ0v) is 16.8. The number of ether oxygens (including phenoxy) is 2. The van der Waals surface area contributed by atoms with E-state index in [1.54, 1.807) is 29.8 Å². The van der Waals surface area contributed by atoms with Crippen molar-refractivity contribution in [3.05, 3.63) is 60.2 Å². The number of amides is 1. The van der Waals surface area contributed by atoms with E-state index < -0.39 is 5.97 Å². The van der Waals surface area contributed by atoms with E-state index in [4.69, 9.17) is 9.47 Å². The molecule has 2 aromatic carbocycles. The van der Waals surface area contributed by atoms with E-state index in [9.17, 15) is 9.59 Å². The van der Waals surface area contributed by atoms with Crippen molar-refractivity contribution in [3.63, 3.8) is 0 Å². The van der Waals surface area contributed by atoms with Gasteiger partial charge in [-0.05, 0) is 30.7 Å². The number of benzene rings is 2. The highest BCUT2D eigenvalue weighted by molar-refractivity contribution is 8.00. The van der Waals surface area contributed by atoms with Crippen LogP contribution in [0.1, 0.15) is 18.9 Å². The fourth-order valence-electron chi connectivity index (χ4n) is 2.97. The average Bonchev–Trinajstić information content (AvgIpc) is 2.88. The SMILES string of the molecule is COc1ccccc1/C=C/C(=O)OCC(=O)N1CC[C@H](C)Sc2ccccc21. The Bertz CT molecular complexity index is 880. The maximum Gasteiger partial charge on any atom is 0.331 e. The highest BCUT2D eigenvalue weighted by Crippen LogP contribution is 2.37. The van der Waals surface area contributed by atoms with Gasteiger partial charge in [0.25, 0.3) is 5.91 Å². The van der Waals surface area contributed by atoms with Crippen LogP contribution in [0.5, 0.6) is 5.75 Å². The van der Waals surface area contributed by atoms with Gasteiger partial charge >= 0.3 is 5.97 Å². The molecule has 0 bridgehead atoms. The smallest absolute Gasteiger partial charge is 0.331 e. The topological polar surface area (TPSA) is 55.8 Å². The number of carbonyl (C=O) groups excluding carboxylic acids is 2. The number of hydrogen-bond acceptors (Lipinski definition) is 5. The van der Waals surface area contributed by atoms with Gasteiger partial charge in [0.05, 0.1) is 12.8 Å². The Hall–Kier alpha value is -2.73. The summed E-state index contributed by atoms with van der Waals surface area (Å²) in [4.78, 5) is 27.5. The Morgan fingerprint density at radius 1 is 1.18 bits per heavy atom. The Balaban J connectivity index is 1.62. The third kappa shape index (κ3) is 4.95. The maximum absolute atomic E-state index is 12.7. The normalized spacial score (nSPS) is 16.4. The van der Waals surface area contributed by atoms with E-state index in [0.717, 1.165) is 22.6 Å². The molecule has 1 amide bonds. The molecular formula is C22H23NO4S. The van der Waals surface area contributed by atoms with Gasteiger partial charge in [-0.3, -0.25) is 4.79 Å². The summed E-state index contributed by atoms with van der Waals surface area (Å²) in [6.45, 7) is 2.47. The van der Waals surface area contributed by atoms with Gasteiger partial charge in [-0.15, -0.1) is 11.8 Å². The van der Waals surface area contributed by atoms with Crippen molar-refractivity contribution in [3.8, 4) is 5.75 Å². The van der Waals surface area contributed by atoms with Crippen LogP contribution >= 0.6 is 11.8 Å². The first-order valence-electron chi connectivity index (χ1n) is 9.12. The second-order valence-electron chi connectivity index (χ2n) is 6.41. The number of thioether (sulfide) groups is 1. The number of fused-ring (bicyclic) bond motifs is 1. The zero-order valence-electron chi connectivity index (χ0n) is 16.0. The van der Waals surface area contributed by atoms with E-state index >= 15 is 0 Å². The summed E-state index contributed by atoms with van der Waals surface area (Å²) in [5.41, 5.74) is 1.64. The molecule has 0 unspecified atom stereocenters. The third-order valence-electron chi connectivity index (χ3n) is 4.42. The van der Waals surface area contributed by atoms with E-state index in [1.165, 1.54) is 6.08 Å². The van der Waals surface area contributed by atoms with Crippen LogP contribution in [0.25, 0.3) is 6.08 Å². The molecule has 1 atom stereocenters. The van der Waals surface area contributed by atoms with Crippen LogP contribution in [-0.2, 0) is 14.3 Å². The first-order valence-corrected chi connectivity index (χ1v) is 10.0. The summed E-state index contributed by atoms with van der Waals surface area (Å²) in [6, 6.07) is 15.2. The average molecular weight is 397 g/mol. The van der Waals surface area contributed by atoms with Crippen molar-refractivity contribution in [2.24, 2.45) is 0 Å². The highest BCUT2D eigenvalue weighted by atomic mass is 32.2. The highest BCUT2D eigenvalue weighted by Gasteiger charge is 2.24. The maximum atomic E-state index is 12.7. The molecule has 0 saturated heterocycles. The standard InChI is InChI=1S/C22H23NO4S/c1-16-13-14-23(18-8-4-6-10-20(18)28-16)21(24)15-27-22(25)12-11-17-7-3-5-9-19(17)26-2/h3-12,16H,13-15H2,1-2H3/b12-11+/t16-/m0/s1. The predicted octanol–water partition coefficient (Wildman–Crippen LogP) is 4.17. The van der Waals surface area contributed by atoms with Gasteiger partial charge in [0.1, 0.15) is 5.75 Å². The molecule has 0 spiro atoms. The van der Waals surface area contributed by atoms with Crippen molar-refractivity contribution in [1.82, 2.24) is 0 Å². The summed E-state index contributed by atoms with van der Waals surface area (Å²) in [5, 5.41) is 0.422. The molecule has 0 aromatic heterocycles. The van der Waals surface area contributed by atoms with Gasteiger partial charge in [0.2, 0.25) is 0 Å². The minimum atomic E-state index is -0.565. The number of anilines is 1. The summed E-state index contributed by atoms with van der Waals surface area (Å²) in [5.74, 6) is -0.123. The van der Waals surface area contributed by atoms with Gasteiger partial charge < -0.3 is 14.4 Å². The summed E-state index contributed by atoms with van der Waals surface area (Å²) in [7, 11) is 1.57. The number of methoxy groups -OCH3 is 1. The van der Waals surface area contributed by atoms with Gasteiger partial charge in [0.15, 0.2) is 6.61 Å². The molecule has 28 heavy (non-hydrogen) atoms. The monoisotopic (exact) mass is 397 g/mol. The second-order valence-corrected chi connectivity index (χ2v) is 7.89. The van der Waals surface area contributed by atoms with Crippen molar-refractivity contribution in [1.29, 1.82) is 0 Å². The molecule has 2 aromatic rings. The molecular weight excluding hydrogens is 374 g/mol.